The summed E-state index contributed by atoms with van der Waals surface area (Å²) < 4.78 is 0.921. The Morgan fingerprint density at radius 2 is 1.61 bits per heavy atom. The number of ketones is 1. The minimum absolute atomic E-state index is 0.0213. The third-order valence-corrected chi connectivity index (χ3v) is 3.24. The maximum atomic E-state index is 12.2. The van der Waals surface area contributed by atoms with E-state index in [0.717, 1.165) is 4.47 Å². The molecule has 0 aliphatic carbocycles. The minimum Gasteiger partial charge on any atom is -0.294 e. The number of hydrogen-bond donors (Lipinski definition) is 0. The summed E-state index contributed by atoms with van der Waals surface area (Å²) in [5.74, 6) is -0.210. The van der Waals surface area contributed by atoms with Gasteiger partial charge >= 0.3 is 0 Å². The zero-order valence-corrected chi connectivity index (χ0v) is 11.5. The molecule has 0 radical (unpaired) electrons. The Labute approximate surface area is 115 Å². The van der Waals surface area contributed by atoms with Crippen molar-refractivity contribution in [3.63, 3.8) is 0 Å². The summed E-state index contributed by atoms with van der Waals surface area (Å²) >= 11 is 3.32. The highest BCUT2D eigenvalue weighted by atomic mass is 79.9. The van der Waals surface area contributed by atoms with Crippen molar-refractivity contribution in [1.82, 2.24) is 0 Å². The molecule has 0 saturated heterocycles. The maximum Gasteiger partial charge on any atom is 0.166 e. The van der Waals surface area contributed by atoms with Gasteiger partial charge in [-0.05, 0) is 25.0 Å². The van der Waals surface area contributed by atoms with E-state index in [1.807, 2.05) is 24.3 Å². The first kappa shape index (κ1) is 14.4. The van der Waals surface area contributed by atoms with Crippen LogP contribution in [0, 0.1) is 28.6 Å². The molecule has 3 nitrogen and oxygen atoms in total. The number of halogens is 1. The molecule has 0 aliphatic rings. The first-order chi connectivity index (χ1) is 8.69. The lowest BCUT2D eigenvalue weighted by atomic mass is 9.90. The van der Waals surface area contributed by atoms with Gasteiger partial charge in [-0.2, -0.15) is 10.5 Å². The van der Waals surface area contributed by atoms with Crippen molar-refractivity contribution in [2.75, 3.05) is 0 Å². The molecule has 0 amide bonds. The number of Topliss-reactive ketones (excluding diaryl/α,β-unsaturated/α-hetero) is 1. The van der Waals surface area contributed by atoms with Crippen LogP contribution in [0.3, 0.4) is 0 Å². The molecule has 0 aliphatic heterocycles. The largest absolute Gasteiger partial charge is 0.294 e. The Hall–Kier alpha value is -1.65. The molecule has 0 atom stereocenters. The fraction of sp³-hybridized carbons (Fsp3) is 0.357. The minimum atomic E-state index is -0.231. The van der Waals surface area contributed by atoms with E-state index in [4.69, 9.17) is 10.5 Å². The van der Waals surface area contributed by atoms with Crippen LogP contribution in [0.2, 0.25) is 0 Å². The molecular formula is C14H13BrN2O. The average Bonchev–Trinajstić information content (AvgIpc) is 2.39. The molecule has 92 valence electrons. The monoisotopic (exact) mass is 304 g/mol. The molecule has 0 aromatic heterocycles. The summed E-state index contributed by atoms with van der Waals surface area (Å²) in [6.07, 6.45) is 1.73. The van der Waals surface area contributed by atoms with Gasteiger partial charge in [-0.3, -0.25) is 4.79 Å². The molecular weight excluding hydrogens is 292 g/mol. The second kappa shape index (κ2) is 7.63. The smallest absolute Gasteiger partial charge is 0.166 e. The van der Waals surface area contributed by atoms with Crippen molar-refractivity contribution < 1.29 is 4.79 Å². The highest BCUT2D eigenvalue weighted by Crippen LogP contribution is 2.20. The molecule has 4 heteroatoms. The number of hydrogen-bond acceptors (Lipinski definition) is 3. The van der Waals surface area contributed by atoms with Gasteiger partial charge in [0.1, 0.15) is 0 Å². The van der Waals surface area contributed by atoms with Gasteiger partial charge in [-0.15, -0.1) is 0 Å². The predicted molar refractivity (Wildman–Crippen MR) is 71.7 cm³/mol. The summed E-state index contributed by atoms with van der Waals surface area (Å²) in [6, 6.07) is 11.3. The van der Waals surface area contributed by atoms with Gasteiger partial charge in [0.15, 0.2) is 5.78 Å². The quantitative estimate of drug-likeness (QED) is 0.750. The number of nitrogens with zero attached hydrogens (tertiary/aromatic N) is 2. The Balaban J connectivity index is 2.78. The van der Waals surface area contributed by atoms with E-state index in [0.29, 0.717) is 31.2 Å². The number of rotatable bonds is 6. The number of carbonyl (C=O) groups excluding carboxylic acids is 1. The van der Waals surface area contributed by atoms with Gasteiger partial charge in [0.05, 0.1) is 12.1 Å². The summed E-state index contributed by atoms with van der Waals surface area (Å²) in [7, 11) is 0. The topological polar surface area (TPSA) is 64.7 Å². The number of carbonyl (C=O) groups is 1. The molecule has 0 heterocycles. The SMILES string of the molecule is N#CCCC(CCC#N)C(=O)c1ccc(Br)cc1. The van der Waals surface area contributed by atoms with Crippen LogP contribution in [-0.4, -0.2) is 5.78 Å². The lowest BCUT2D eigenvalue weighted by Gasteiger charge is -2.12. The van der Waals surface area contributed by atoms with Gasteiger partial charge in [-0.25, -0.2) is 0 Å². The Morgan fingerprint density at radius 1 is 1.11 bits per heavy atom. The van der Waals surface area contributed by atoms with Crippen molar-refractivity contribution in [3.8, 4) is 12.1 Å². The molecule has 0 fully saturated rings. The van der Waals surface area contributed by atoms with Crippen LogP contribution in [0.1, 0.15) is 36.0 Å². The molecule has 0 N–H and O–H groups in total. The van der Waals surface area contributed by atoms with Gasteiger partial charge in [0.2, 0.25) is 0 Å². The third-order valence-electron chi connectivity index (χ3n) is 2.71. The highest BCUT2D eigenvalue weighted by molar-refractivity contribution is 9.10. The van der Waals surface area contributed by atoms with E-state index >= 15 is 0 Å². The molecule has 1 rings (SSSR count). The zero-order chi connectivity index (χ0) is 13.4. The molecule has 0 bridgehead atoms. The fourth-order valence-corrected chi connectivity index (χ4v) is 2.00. The van der Waals surface area contributed by atoms with Crippen LogP contribution < -0.4 is 0 Å². The summed E-state index contributed by atoms with van der Waals surface area (Å²) in [5.41, 5.74) is 0.638. The Morgan fingerprint density at radius 3 is 2.06 bits per heavy atom. The number of benzene rings is 1. The van der Waals surface area contributed by atoms with E-state index in [-0.39, 0.29) is 11.7 Å². The van der Waals surface area contributed by atoms with Crippen molar-refractivity contribution >= 4 is 21.7 Å². The van der Waals surface area contributed by atoms with Crippen LogP contribution in [0.25, 0.3) is 0 Å². The Bertz CT molecular complexity index is 464. The average molecular weight is 305 g/mol. The molecule has 0 unspecified atom stereocenters. The fourth-order valence-electron chi connectivity index (χ4n) is 1.73. The van der Waals surface area contributed by atoms with Crippen LogP contribution in [0.5, 0.6) is 0 Å². The van der Waals surface area contributed by atoms with Crippen molar-refractivity contribution in [3.05, 3.63) is 34.3 Å². The van der Waals surface area contributed by atoms with Crippen molar-refractivity contribution in [2.45, 2.75) is 25.7 Å². The standard InChI is InChI=1S/C14H13BrN2O/c15-13-7-5-12(6-8-13)14(18)11(3-1-9-16)4-2-10-17/h5-8,11H,1-4H2. The number of nitriles is 2. The maximum absolute atomic E-state index is 12.2. The normalized spacial score (nSPS) is 9.78. The van der Waals surface area contributed by atoms with E-state index < -0.39 is 0 Å². The lowest BCUT2D eigenvalue weighted by Crippen LogP contribution is -2.14. The molecule has 0 saturated carbocycles. The van der Waals surface area contributed by atoms with Crippen molar-refractivity contribution in [1.29, 1.82) is 10.5 Å². The lowest BCUT2D eigenvalue weighted by molar-refractivity contribution is 0.0908. The van der Waals surface area contributed by atoms with E-state index in [1.165, 1.54) is 0 Å². The van der Waals surface area contributed by atoms with Gasteiger partial charge in [-0.1, -0.05) is 28.1 Å². The Kier molecular flexibility index (Phi) is 6.11. The third kappa shape index (κ3) is 4.31. The highest BCUT2D eigenvalue weighted by Gasteiger charge is 2.19. The van der Waals surface area contributed by atoms with Gasteiger partial charge < -0.3 is 0 Å². The van der Waals surface area contributed by atoms with Gasteiger partial charge in [0, 0.05) is 28.8 Å². The van der Waals surface area contributed by atoms with Gasteiger partial charge in [0.25, 0.3) is 0 Å². The second-order valence-electron chi connectivity index (χ2n) is 3.96. The van der Waals surface area contributed by atoms with Crippen LogP contribution >= 0.6 is 15.9 Å². The van der Waals surface area contributed by atoms with Crippen LogP contribution in [0.4, 0.5) is 0 Å². The van der Waals surface area contributed by atoms with Crippen LogP contribution in [-0.2, 0) is 0 Å². The second-order valence-corrected chi connectivity index (χ2v) is 4.88. The van der Waals surface area contributed by atoms with E-state index in [9.17, 15) is 4.79 Å². The van der Waals surface area contributed by atoms with Crippen molar-refractivity contribution in [2.24, 2.45) is 5.92 Å². The van der Waals surface area contributed by atoms with E-state index in [2.05, 4.69) is 15.9 Å². The van der Waals surface area contributed by atoms with Crippen LogP contribution in [0.15, 0.2) is 28.7 Å². The molecule has 18 heavy (non-hydrogen) atoms. The zero-order valence-electron chi connectivity index (χ0n) is 9.90. The summed E-state index contributed by atoms with van der Waals surface area (Å²) in [4.78, 5) is 12.2. The first-order valence-corrected chi connectivity index (χ1v) is 6.52. The molecule has 1 aromatic rings. The van der Waals surface area contributed by atoms with E-state index in [1.54, 1.807) is 12.1 Å². The molecule has 0 spiro atoms. The summed E-state index contributed by atoms with van der Waals surface area (Å²) in [6.45, 7) is 0. The summed E-state index contributed by atoms with van der Waals surface area (Å²) in [5, 5.41) is 17.2. The predicted octanol–water partition coefficient (Wildman–Crippen LogP) is 3.86. The first-order valence-electron chi connectivity index (χ1n) is 5.72. The molecule has 1 aromatic carbocycles.